The van der Waals surface area contributed by atoms with Gasteiger partial charge in [-0.2, -0.15) is 0 Å². The second kappa shape index (κ2) is 12.2. The van der Waals surface area contributed by atoms with Gasteiger partial charge in [0.05, 0.1) is 25.9 Å². The number of carbonyl (C=O) groups excluding carboxylic acids is 3. The minimum absolute atomic E-state index is 0.0147. The van der Waals surface area contributed by atoms with Gasteiger partial charge in [-0.1, -0.05) is 17.7 Å². The summed E-state index contributed by atoms with van der Waals surface area (Å²) in [6.07, 6.45) is 0. The first-order valence-corrected chi connectivity index (χ1v) is 13.5. The summed E-state index contributed by atoms with van der Waals surface area (Å²) in [7, 11) is 1.57. The number of nitrogens with zero attached hydrogens (tertiary/aromatic N) is 3. The highest BCUT2D eigenvalue weighted by atomic mass is 16.5. The maximum Gasteiger partial charge on any atom is 0.256 e. The third-order valence-corrected chi connectivity index (χ3v) is 7.34. The molecule has 9 nitrogen and oxygen atoms in total. The van der Waals surface area contributed by atoms with Gasteiger partial charge < -0.3 is 29.5 Å². The Labute approximate surface area is 234 Å². The molecule has 3 aromatic carbocycles. The summed E-state index contributed by atoms with van der Waals surface area (Å²) in [6, 6.07) is 19.9. The van der Waals surface area contributed by atoms with Gasteiger partial charge in [-0.15, -0.1) is 0 Å². The third kappa shape index (κ3) is 6.10. The van der Waals surface area contributed by atoms with Gasteiger partial charge in [0.1, 0.15) is 5.75 Å². The highest BCUT2D eigenvalue weighted by Gasteiger charge is 2.28. The molecule has 2 fully saturated rings. The van der Waals surface area contributed by atoms with Crippen LogP contribution in [0, 0.1) is 6.92 Å². The minimum Gasteiger partial charge on any atom is -0.497 e. The summed E-state index contributed by atoms with van der Waals surface area (Å²) in [4.78, 5) is 45.4. The average Bonchev–Trinajstić information content (AvgIpc) is 3.01. The lowest BCUT2D eigenvalue weighted by molar-refractivity contribution is 0.0303. The first kappa shape index (κ1) is 27.2. The number of methoxy groups -OCH3 is 1. The van der Waals surface area contributed by atoms with Crippen LogP contribution in [-0.2, 0) is 4.74 Å². The Kier molecular flexibility index (Phi) is 8.31. The predicted molar refractivity (Wildman–Crippen MR) is 153 cm³/mol. The molecule has 0 atom stereocenters. The number of rotatable bonds is 6. The van der Waals surface area contributed by atoms with Gasteiger partial charge in [-0.05, 0) is 61.5 Å². The molecule has 0 aliphatic carbocycles. The largest absolute Gasteiger partial charge is 0.497 e. The lowest BCUT2D eigenvalue weighted by Gasteiger charge is -2.37. The van der Waals surface area contributed by atoms with E-state index < -0.39 is 0 Å². The van der Waals surface area contributed by atoms with E-state index in [1.54, 1.807) is 42.3 Å². The Morgan fingerprint density at radius 2 is 1.38 bits per heavy atom. The van der Waals surface area contributed by atoms with E-state index in [0.717, 1.165) is 11.3 Å². The molecule has 40 heavy (non-hydrogen) atoms. The maximum absolute atomic E-state index is 13.7. The highest BCUT2D eigenvalue weighted by Crippen LogP contribution is 2.28. The zero-order valence-corrected chi connectivity index (χ0v) is 22.9. The van der Waals surface area contributed by atoms with Crippen LogP contribution in [-0.4, -0.2) is 87.1 Å². The Hall–Kier alpha value is -4.37. The molecular formula is C31H34N4O5. The topological polar surface area (TPSA) is 91.4 Å². The second-order valence-corrected chi connectivity index (χ2v) is 9.96. The van der Waals surface area contributed by atoms with E-state index in [9.17, 15) is 14.4 Å². The summed E-state index contributed by atoms with van der Waals surface area (Å²) >= 11 is 0. The molecule has 3 aromatic rings. The van der Waals surface area contributed by atoms with Crippen LogP contribution < -0.4 is 15.0 Å². The summed E-state index contributed by atoms with van der Waals surface area (Å²) in [6.45, 7) is 6.31. The Bertz CT molecular complexity index is 1360. The fourth-order valence-electron chi connectivity index (χ4n) is 4.97. The van der Waals surface area contributed by atoms with Gasteiger partial charge in [-0.25, -0.2) is 0 Å². The number of benzene rings is 3. The monoisotopic (exact) mass is 542 g/mol. The molecule has 0 saturated carbocycles. The van der Waals surface area contributed by atoms with Crippen LogP contribution in [0.25, 0.3) is 0 Å². The number of piperazine rings is 1. The van der Waals surface area contributed by atoms with Crippen molar-refractivity contribution in [2.45, 2.75) is 6.92 Å². The van der Waals surface area contributed by atoms with E-state index >= 15 is 0 Å². The SMILES string of the molecule is COc1ccc(C(=O)Nc2ccc(N3CCN(C(=O)c4ccc(C)cc4)CC3)c(C(=O)N3CCOCC3)c2)cc1. The molecule has 208 valence electrons. The van der Waals surface area contributed by atoms with Gasteiger partial charge in [0.2, 0.25) is 0 Å². The first-order chi connectivity index (χ1) is 19.4. The van der Waals surface area contributed by atoms with E-state index in [1.807, 2.05) is 48.2 Å². The molecule has 0 bridgehead atoms. The van der Waals surface area contributed by atoms with Crippen molar-refractivity contribution in [3.8, 4) is 5.75 Å². The zero-order valence-electron chi connectivity index (χ0n) is 22.9. The molecule has 9 heteroatoms. The number of nitrogens with one attached hydrogen (secondary N) is 1. The van der Waals surface area contributed by atoms with Crippen molar-refractivity contribution in [3.05, 3.63) is 89.0 Å². The first-order valence-electron chi connectivity index (χ1n) is 13.5. The van der Waals surface area contributed by atoms with Crippen molar-refractivity contribution >= 4 is 29.1 Å². The van der Waals surface area contributed by atoms with Crippen LogP contribution in [0.15, 0.2) is 66.7 Å². The van der Waals surface area contributed by atoms with Crippen molar-refractivity contribution < 1.29 is 23.9 Å². The number of ether oxygens (including phenoxy) is 2. The molecule has 5 rings (SSSR count). The average molecular weight is 543 g/mol. The van der Waals surface area contributed by atoms with Crippen molar-refractivity contribution in [2.75, 3.05) is 69.8 Å². The Morgan fingerprint density at radius 1 is 0.750 bits per heavy atom. The van der Waals surface area contributed by atoms with Crippen molar-refractivity contribution in [2.24, 2.45) is 0 Å². The summed E-state index contributed by atoms with van der Waals surface area (Å²) in [5, 5.41) is 2.92. The molecule has 1 N–H and O–H groups in total. The number of hydrogen-bond donors (Lipinski definition) is 1. The van der Waals surface area contributed by atoms with E-state index in [-0.39, 0.29) is 17.7 Å². The van der Waals surface area contributed by atoms with Gasteiger partial charge in [0.25, 0.3) is 17.7 Å². The smallest absolute Gasteiger partial charge is 0.256 e. The van der Waals surface area contributed by atoms with E-state index in [0.29, 0.717) is 80.6 Å². The van der Waals surface area contributed by atoms with E-state index in [4.69, 9.17) is 9.47 Å². The number of aryl methyl sites for hydroxylation is 1. The predicted octanol–water partition coefficient (Wildman–Crippen LogP) is 3.69. The third-order valence-electron chi connectivity index (χ3n) is 7.34. The van der Waals surface area contributed by atoms with Crippen molar-refractivity contribution in [3.63, 3.8) is 0 Å². The highest BCUT2D eigenvalue weighted by molar-refractivity contribution is 6.06. The normalized spacial score (nSPS) is 15.5. The number of carbonyl (C=O) groups is 3. The molecule has 2 heterocycles. The molecular weight excluding hydrogens is 508 g/mol. The molecule has 0 aromatic heterocycles. The van der Waals surface area contributed by atoms with Gasteiger partial charge in [-0.3, -0.25) is 14.4 Å². The lowest BCUT2D eigenvalue weighted by atomic mass is 10.1. The van der Waals surface area contributed by atoms with Crippen molar-refractivity contribution in [1.82, 2.24) is 9.80 Å². The molecule has 2 aliphatic rings. The summed E-state index contributed by atoms with van der Waals surface area (Å²) < 4.78 is 10.6. The number of hydrogen-bond acceptors (Lipinski definition) is 6. The van der Waals surface area contributed by atoms with Gasteiger partial charge >= 0.3 is 0 Å². The fraction of sp³-hybridized carbons (Fsp3) is 0.323. The van der Waals surface area contributed by atoms with Gasteiger partial charge in [0, 0.05) is 61.8 Å². The summed E-state index contributed by atoms with van der Waals surface area (Å²) in [5.41, 5.74) is 4.13. The van der Waals surface area contributed by atoms with Crippen LogP contribution in [0.3, 0.4) is 0 Å². The van der Waals surface area contributed by atoms with Crippen LogP contribution >= 0.6 is 0 Å². The molecule has 3 amide bonds. The Balaban J connectivity index is 1.34. The molecule has 0 spiro atoms. The maximum atomic E-state index is 13.7. The second-order valence-electron chi connectivity index (χ2n) is 9.96. The van der Waals surface area contributed by atoms with Crippen molar-refractivity contribution in [1.29, 1.82) is 0 Å². The van der Waals surface area contributed by atoms with E-state index in [2.05, 4.69) is 10.2 Å². The quantitative estimate of drug-likeness (QED) is 0.511. The molecule has 2 aliphatic heterocycles. The summed E-state index contributed by atoms with van der Waals surface area (Å²) in [5.74, 6) is 0.307. The zero-order chi connectivity index (χ0) is 28.1. The Morgan fingerprint density at radius 3 is 2.02 bits per heavy atom. The van der Waals surface area contributed by atoms with Gasteiger partial charge in [0.15, 0.2) is 0 Å². The number of anilines is 2. The van der Waals surface area contributed by atoms with E-state index in [1.165, 1.54) is 0 Å². The minimum atomic E-state index is -0.275. The fourth-order valence-corrected chi connectivity index (χ4v) is 4.97. The van der Waals surface area contributed by atoms with Crippen LogP contribution in [0.4, 0.5) is 11.4 Å². The number of amides is 3. The van der Waals surface area contributed by atoms with Crippen LogP contribution in [0.1, 0.15) is 36.6 Å². The molecule has 0 unspecified atom stereocenters. The lowest BCUT2D eigenvalue weighted by Crippen LogP contribution is -2.49. The van der Waals surface area contributed by atoms with Crippen LogP contribution in [0.5, 0.6) is 5.75 Å². The molecule has 0 radical (unpaired) electrons. The molecule has 2 saturated heterocycles. The standard InChI is InChI=1S/C31H34N4O5/c1-22-3-5-24(6-4-22)30(37)34-15-13-33(14-16-34)28-12-9-25(21-27(28)31(38)35-17-19-40-20-18-35)32-29(36)23-7-10-26(39-2)11-8-23/h3-12,21H,13-20H2,1-2H3,(H,32,36). The number of morpholine rings is 1. The van der Waals surface area contributed by atoms with Crippen LogP contribution in [0.2, 0.25) is 0 Å².